The summed E-state index contributed by atoms with van der Waals surface area (Å²) in [5.41, 5.74) is -0.321. The summed E-state index contributed by atoms with van der Waals surface area (Å²) < 4.78 is 33.0. The molecule has 0 saturated heterocycles. The van der Waals surface area contributed by atoms with Gasteiger partial charge in [0.1, 0.15) is 5.75 Å². The first-order chi connectivity index (χ1) is 16.2. The highest BCUT2D eigenvalue weighted by Gasteiger charge is 2.23. The number of nitrogens with one attached hydrogen (secondary N) is 1. The topological polar surface area (TPSA) is 161 Å². The minimum Gasteiger partial charge on any atom is -0.494 e. The third kappa shape index (κ3) is 5.92. The molecule has 0 saturated carbocycles. The van der Waals surface area contributed by atoms with E-state index in [2.05, 4.69) is 15.0 Å². The fourth-order valence-corrected chi connectivity index (χ4v) is 4.01. The fourth-order valence-electron chi connectivity index (χ4n) is 2.91. The number of hydrogen-bond donors (Lipinski definition) is 2. The molecule has 0 bridgehead atoms. The number of anilines is 1. The first-order valence-corrected chi connectivity index (χ1v) is 11.4. The van der Waals surface area contributed by atoms with Crippen molar-refractivity contribution in [2.24, 2.45) is 10.2 Å². The van der Waals surface area contributed by atoms with Crippen LogP contribution >= 0.6 is 0 Å². The summed E-state index contributed by atoms with van der Waals surface area (Å²) >= 11 is 0. The minimum atomic E-state index is -4.32. The lowest BCUT2D eigenvalue weighted by molar-refractivity contribution is -0.384. The van der Waals surface area contributed by atoms with Gasteiger partial charge in [-0.25, -0.2) is 13.2 Å². The van der Waals surface area contributed by atoms with Crippen molar-refractivity contribution in [3.8, 4) is 5.75 Å². The second-order valence-electron chi connectivity index (χ2n) is 6.84. The van der Waals surface area contributed by atoms with Gasteiger partial charge in [-0.15, -0.1) is 5.11 Å². The molecule has 3 rings (SSSR count). The molecule has 0 aliphatic heterocycles. The Bertz CT molecular complexity index is 1340. The Morgan fingerprint density at radius 2 is 1.82 bits per heavy atom. The summed E-state index contributed by atoms with van der Waals surface area (Å²) in [6.45, 7) is 2.56. The van der Waals surface area contributed by atoms with Gasteiger partial charge in [-0.3, -0.25) is 14.8 Å². The second kappa shape index (κ2) is 10.5. The molecular weight excluding hydrogens is 464 g/mol. The summed E-state index contributed by atoms with van der Waals surface area (Å²) in [5, 5.41) is 28.6. The van der Waals surface area contributed by atoms with Gasteiger partial charge in [0.25, 0.3) is 15.7 Å². The molecule has 11 nitrogen and oxygen atoms in total. The number of hydrogen-bond acceptors (Lipinski definition) is 8. The number of carboxylic acid groups (broad SMARTS) is 1. The summed E-state index contributed by atoms with van der Waals surface area (Å²) in [5.74, 6) is -0.622. The monoisotopic (exact) mass is 484 g/mol. The van der Waals surface area contributed by atoms with E-state index in [1.807, 2.05) is 6.92 Å². The van der Waals surface area contributed by atoms with Crippen LogP contribution in [0.5, 0.6) is 5.75 Å². The maximum atomic E-state index is 12.7. The Labute approximate surface area is 194 Å². The second-order valence-corrected chi connectivity index (χ2v) is 8.52. The molecule has 34 heavy (non-hydrogen) atoms. The van der Waals surface area contributed by atoms with E-state index in [1.54, 1.807) is 24.3 Å². The Hall–Kier alpha value is -4.32. The fraction of sp³-hybridized carbons (Fsp3) is 0.136. The van der Waals surface area contributed by atoms with E-state index in [1.165, 1.54) is 24.3 Å². The molecule has 0 amide bonds. The van der Waals surface area contributed by atoms with E-state index in [4.69, 9.17) is 4.74 Å². The minimum absolute atomic E-state index is 0.124. The van der Waals surface area contributed by atoms with Crippen LogP contribution in [0.15, 0.2) is 81.9 Å². The lowest BCUT2D eigenvalue weighted by Gasteiger charge is -2.10. The van der Waals surface area contributed by atoms with Crippen LogP contribution in [-0.2, 0) is 16.6 Å². The number of nitro groups is 1. The zero-order valence-corrected chi connectivity index (χ0v) is 18.7. The molecule has 0 heterocycles. The standard InChI is InChI=1S/C22H20N4O7S/c1-2-33-16-9-7-15(8-10-16)14-23-24-20-12-11-17(13-21(20)26(29)30)34(31,32)25-19-6-4-3-5-18(19)22(27)28/h3-13,25H,2,14H2,1H3,(H,27,28). The van der Waals surface area contributed by atoms with E-state index >= 15 is 0 Å². The molecule has 0 atom stereocenters. The highest BCUT2D eigenvalue weighted by Crippen LogP contribution is 2.31. The normalized spacial score (nSPS) is 11.3. The first-order valence-electron chi connectivity index (χ1n) is 9.94. The summed E-state index contributed by atoms with van der Waals surface area (Å²) in [6, 6.07) is 15.7. The van der Waals surface area contributed by atoms with E-state index in [0.29, 0.717) is 12.4 Å². The largest absolute Gasteiger partial charge is 0.494 e. The predicted molar refractivity (Wildman–Crippen MR) is 123 cm³/mol. The quantitative estimate of drug-likeness (QED) is 0.238. The van der Waals surface area contributed by atoms with Gasteiger partial charge in [-0.1, -0.05) is 24.3 Å². The van der Waals surface area contributed by atoms with Crippen molar-refractivity contribution >= 4 is 33.1 Å². The zero-order valence-electron chi connectivity index (χ0n) is 17.9. The highest BCUT2D eigenvalue weighted by molar-refractivity contribution is 7.92. The molecule has 176 valence electrons. The molecule has 0 aliphatic rings. The average Bonchev–Trinajstić information content (AvgIpc) is 2.80. The Morgan fingerprint density at radius 3 is 2.47 bits per heavy atom. The molecular formula is C22H20N4O7S. The smallest absolute Gasteiger partial charge is 0.337 e. The van der Waals surface area contributed by atoms with Crippen LogP contribution in [0, 0.1) is 10.1 Å². The number of benzene rings is 3. The van der Waals surface area contributed by atoms with Gasteiger partial charge < -0.3 is 9.84 Å². The van der Waals surface area contributed by atoms with Crippen LogP contribution < -0.4 is 9.46 Å². The Kier molecular flexibility index (Phi) is 7.53. The van der Waals surface area contributed by atoms with E-state index < -0.39 is 31.5 Å². The number of aromatic carboxylic acids is 1. The average molecular weight is 484 g/mol. The number of sulfonamides is 1. The van der Waals surface area contributed by atoms with E-state index in [0.717, 1.165) is 23.8 Å². The lowest BCUT2D eigenvalue weighted by atomic mass is 10.2. The van der Waals surface area contributed by atoms with Crippen LogP contribution in [-0.4, -0.2) is 31.0 Å². The van der Waals surface area contributed by atoms with Crippen LogP contribution in [0.3, 0.4) is 0 Å². The van der Waals surface area contributed by atoms with Crippen molar-refractivity contribution in [1.29, 1.82) is 0 Å². The maximum Gasteiger partial charge on any atom is 0.337 e. The van der Waals surface area contributed by atoms with Gasteiger partial charge in [0, 0.05) is 6.07 Å². The molecule has 0 fully saturated rings. The number of nitrogens with zero attached hydrogens (tertiary/aromatic N) is 3. The van der Waals surface area contributed by atoms with Crippen molar-refractivity contribution in [2.75, 3.05) is 11.3 Å². The van der Waals surface area contributed by atoms with E-state index in [9.17, 15) is 28.4 Å². The van der Waals surface area contributed by atoms with Crippen molar-refractivity contribution < 1.29 is 28.0 Å². The maximum absolute atomic E-state index is 12.7. The number of rotatable bonds is 10. The van der Waals surface area contributed by atoms with E-state index in [-0.39, 0.29) is 23.5 Å². The third-order valence-electron chi connectivity index (χ3n) is 4.52. The number of carbonyl (C=O) groups is 1. The molecule has 3 aromatic rings. The molecule has 0 unspecified atom stereocenters. The van der Waals surface area contributed by atoms with Crippen molar-refractivity contribution in [3.63, 3.8) is 0 Å². The van der Waals surface area contributed by atoms with Gasteiger partial charge in [0.05, 0.1) is 34.2 Å². The van der Waals surface area contributed by atoms with Crippen LogP contribution in [0.4, 0.5) is 17.1 Å². The molecule has 0 aliphatic carbocycles. The molecule has 0 radical (unpaired) electrons. The van der Waals surface area contributed by atoms with Gasteiger partial charge in [-0.05, 0) is 48.9 Å². The van der Waals surface area contributed by atoms with Crippen molar-refractivity contribution in [1.82, 2.24) is 0 Å². The van der Waals surface area contributed by atoms with Crippen molar-refractivity contribution in [2.45, 2.75) is 18.4 Å². The van der Waals surface area contributed by atoms with Crippen molar-refractivity contribution in [3.05, 3.63) is 88.0 Å². The Morgan fingerprint density at radius 1 is 1.12 bits per heavy atom. The number of ether oxygens (including phenoxy) is 1. The number of nitro benzene ring substituents is 1. The van der Waals surface area contributed by atoms with Crippen LogP contribution in [0.25, 0.3) is 0 Å². The molecule has 0 aromatic heterocycles. The zero-order chi connectivity index (χ0) is 24.7. The molecule has 3 aromatic carbocycles. The number of para-hydroxylation sites is 1. The van der Waals surface area contributed by atoms with Gasteiger partial charge in [0.15, 0.2) is 5.69 Å². The van der Waals surface area contributed by atoms with Gasteiger partial charge >= 0.3 is 5.97 Å². The predicted octanol–water partition coefficient (Wildman–Crippen LogP) is 4.78. The van der Waals surface area contributed by atoms with Crippen LogP contribution in [0.2, 0.25) is 0 Å². The first kappa shape index (κ1) is 24.3. The molecule has 12 heteroatoms. The van der Waals surface area contributed by atoms with Gasteiger partial charge in [-0.2, -0.15) is 5.11 Å². The summed E-state index contributed by atoms with van der Waals surface area (Å²) in [6.07, 6.45) is 0. The molecule has 2 N–H and O–H groups in total. The number of azo groups is 1. The number of carboxylic acids is 1. The summed E-state index contributed by atoms with van der Waals surface area (Å²) in [7, 11) is -4.32. The molecule has 0 spiro atoms. The van der Waals surface area contributed by atoms with Gasteiger partial charge in [0.2, 0.25) is 0 Å². The lowest BCUT2D eigenvalue weighted by Crippen LogP contribution is -2.15. The SMILES string of the molecule is CCOc1ccc(CN=Nc2ccc(S(=O)(=O)Nc3ccccc3C(=O)O)cc2[N+](=O)[O-])cc1. The Balaban J connectivity index is 1.83. The summed E-state index contributed by atoms with van der Waals surface area (Å²) in [4.78, 5) is 21.7. The highest BCUT2D eigenvalue weighted by atomic mass is 32.2. The van der Waals surface area contributed by atoms with Crippen LogP contribution in [0.1, 0.15) is 22.8 Å². The third-order valence-corrected chi connectivity index (χ3v) is 5.88.